The first-order chi connectivity index (χ1) is 8.91. The van der Waals surface area contributed by atoms with Gasteiger partial charge in [-0.15, -0.1) is 0 Å². The molecule has 0 aliphatic rings. The minimum atomic E-state index is -0.703. The maximum Gasteiger partial charge on any atom is 0.258 e. The zero-order valence-electron chi connectivity index (χ0n) is 12.1. The van der Waals surface area contributed by atoms with Crippen LogP contribution < -0.4 is 0 Å². The van der Waals surface area contributed by atoms with Crippen molar-refractivity contribution in [3.05, 3.63) is 29.8 Å². The van der Waals surface area contributed by atoms with E-state index in [1.807, 2.05) is 32.8 Å². The zero-order valence-corrected chi connectivity index (χ0v) is 12.1. The topological polar surface area (TPSA) is 36.4 Å². The molecule has 1 aromatic rings. The molecular formula is C14H22FN3O. The number of hydrogen-bond acceptors (Lipinski definition) is 3. The number of carbonyl (C=O) groups is 1. The Labute approximate surface area is 114 Å². The van der Waals surface area contributed by atoms with Gasteiger partial charge in [0.15, 0.2) is 0 Å². The third-order valence-corrected chi connectivity index (χ3v) is 2.68. The van der Waals surface area contributed by atoms with Crippen LogP contribution in [0.3, 0.4) is 0 Å². The van der Waals surface area contributed by atoms with Crippen LogP contribution in [0.1, 0.15) is 24.2 Å². The highest BCUT2D eigenvalue weighted by atomic mass is 19.1. The van der Waals surface area contributed by atoms with Crippen molar-refractivity contribution in [2.75, 3.05) is 33.7 Å². The molecule has 0 spiro atoms. The Morgan fingerprint density at radius 3 is 2.58 bits per heavy atom. The van der Waals surface area contributed by atoms with Gasteiger partial charge in [-0.25, -0.2) is 4.98 Å². The number of hydrogen-bond donors (Lipinski definition) is 0. The van der Waals surface area contributed by atoms with Crippen molar-refractivity contribution >= 4 is 5.91 Å². The van der Waals surface area contributed by atoms with Gasteiger partial charge in [-0.3, -0.25) is 4.79 Å². The third kappa shape index (κ3) is 4.95. The lowest BCUT2D eigenvalue weighted by Gasteiger charge is -2.26. The number of halogens is 1. The van der Waals surface area contributed by atoms with Crippen molar-refractivity contribution in [3.63, 3.8) is 0 Å². The maximum atomic E-state index is 13.6. The number of carbonyl (C=O) groups excluding carboxylic acids is 1. The first-order valence-corrected chi connectivity index (χ1v) is 6.46. The number of amides is 1. The van der Waals surface area contributed by atoms with Crippen LogP contribution >= 0.6 is 0 Å². The minimum Gasteiger partial charge on any atom is -0.337 e. The van der Waals surface area contributed by atoms with Crippen molar-refractivity contribution in [1.29, 1.82) is 0 Å². The molecule has 4 nitrogen and oxygen atoms in total. The van der Waals surface area contributed by atoms with Gasteiger partial charge in [0.1, 0.15) is 0 Å². The summed E-state index contributed by atoms with van der Waals surface area (Å²) >= 11 is 0. The van der Waals surface area contributed by atoms with Gasteiger partial charge in [0.2, 0.25) is 5.95 Å². The first kappa shape index (κ1) is 15.6. The molecule has 0 unspecified atom stereocenters. The second-order valence-corrected chi connectivity index (χ2v) is 5.29. The average molecular weight is 267 g/mol. The molecule has 0 aliphatic carbocycles. The Balaban J connectivity index is 2.84. The Morgan fingerprint density at radius 2 is 2.05 bits per heavy atom. The highest BCUT2D eigenvalue weighted by molar-refractivity contribution is 5.94. The molecular weight excluding hydrogens is 245 g/mol. The van der Waals surface area contributed by atoms with Crippen LogP contribution in [0, 0.1) is 11.9 Å². The lowest BCUT2D eigenvalue weighted by Crippen LogP contribution is -2.39. The van der Waals surface area contributed by atoms with E-state index in [1.54, 1.807) is 11.0 Å². The summed E-state index contributed by atoms with van der Waals surface area (Å²) in [7, 11) is 3.89. The summed E-state index contributed by atoms with van der Waals surface area (Å²) in [5.74, 6) is -0.655. The normalized spacial score (nSPS) is 11.1. The predicted molar refractivity (Wildman–Crippen MR) is 73.5 cm³/mol. The van der Waals surface area contributed by atoms with Gasteiger partial charge in [0, 0.05) is 25.8 Å². The second-order valence-electron chi connectivity index (χ2n) is 5.29. The van der Waals surface area contributed by atoms with Crippen LogP contribution in [0.5, 0.6) is 0 Å². The lowest BCUT2D eigenvalue weighted by atomic mass is 10.1. The Bertz CT molecular complexity index is 421. The summed E-state index contributed by atoms with van der Waals surface area (Å²) in [6.07, 6.45) is 1.35. The van der Waals surface area contributed by atoms with E-state index < -0.39 is 5.95 Å². The molecule has 0 radical (unpaired) electrons. The third-order valence-electron chi connectivity index (χ3n) is 2.68. The Morgan fingerprint density at radius 1 is 1.37 bits per heavy atom. The van der Waals surface area contributed by atoms with Gasteiger partial charge >= 0.3 is 0 Å². The van der Waals surface area contributed by atoms with Crippen LogP contribution in [0.4, 0.5) is 4.39 Å². The first-order valence-electron chi connectivity index (χ1n) is 6.46. The zero-order chi connectivity index (χ0) is 14.4. The molecule has 0 fully saturated rings. The predicted octanol–water partition coefficient (Wildman–Crippen LogP) is 1.88. The van der Waals surface area contributed by atoms with E-state index in [2.05, 4.69) is 4.98 Å². The number of nitrogens with zero attached hydrogens (tertiary/aromatic N) is 3. The van der Waals surface area contributed by atoms with Crippen LogP contribution in [-0.2, 0) is 0 Å². The quantitative estimate of drug-likeness (QED) is 0.738. The number of pyridine rings is 1. The van der Waals surface area contributed by atoms with E-state index in [0.717, 1.165) is 6.54 Å². The molecule has 0 atom stereocenters. The molecule has 1 amide bonds. The Kier molecular flexibility index (Phi) is 5.89. The molecule has 1 heterocycles. The summed E-state index contributed by atoms with van der Waals surface area (Å²) in [4.78, 5) is 19.6. The van der Waals surface area contributed by atoms with E-state index in [-0.39, 0.29) is 11.5 Å². The summed E-state index contributed by atoms with van der Waals surface area (Å²) in [6.45, 7) is 6.02. The minimum absolute atomic E-state index is 0.0434. The summed E-state index contributed by atoms with van der Waals surface area (Å²) in [5.41, 5.74) is 0.0434. The van der Waals surface area contributed by atoms with Crippen molar-refractivity contribution < 1.29 is 9.18 Å². The van der Waals surface area contributed by atoms with Crippen LogP contribution in [-0.4, -0.2) is 54.4 Å². The van der Waals surface area contributed by atoms with Crippen molar-refractivity contribution in [3.8, 4) is 0 Å². The molecule has 0 aliphatic heterocycles. The fourth-order valence-electron chi connectivity index (χ4n) is 1.75. The van der Waals surface area contributed by atoms with Gasteiger partial charge in [-0.1, -0.05) is 13.8 Å². The molecule has 0 N–H and O–H groups in total. The van der Waals surface area contributed by atoms with E-state index in [0.29, 0.717) is 19.0 Å². The van der Waals surface area contributed by atoms with E-state index >= 15 is 0 Å². The van der Waals surface area contributed by atoms with Crippen molar-refractivity contribution in [1.82, 2.24) is 14.8 Å². The second kappa shape index (κ2) is 7.19. The molecule has 0 bridgehead atoms. The summed E-state index contributed by atoms with van der Waals surface area (Å²) in [6, 6.07) is 3.06. The largest absolute Gasteiger partial charge is 0.337 e. The molecule has 5 heteroatoms. The molecule has 0 saturated heterocycles. The van der Waals surface area contributed by atoms with Crippen LogP contribution in [0.15, 0.2) is 18.3 Å². The Hall–Kier alpha value is -1.49. The monoisotopic (exact) mass is 267 g/mol. The lowest BCUT2D eigenvalue weighted by molar-refractivity contribution is 0.0719. The highest BCUT2D eigenvalue weighted by Crippen LogP contribution is 2.10. The standard InChI is InChI=1S/C14H22FN3O/c1-11(2)10-18(9-8-17(3)4)14(19)12-6-5-7-16-13(12)15/h5-7,11H,8-10H2,1-4H3. The molecule has 0 saturated carbocycles. The SMILES string of the molecule is CC(C)CN(CCN(C)C)C(=O)c1cccnc1F. The smallest absolute Gasteiger partial charge is 0.258 e. The number of likely N-dealkylation sites (N-methyl/N-ethyl adjacent to an activating group) is 1. The van der Waals surface area contributed by atoms with Crippen molar-refractivity contribution in [2.24, 2.45) is 5.92 Å². The van der Waals surface area contributed by atoms with Gasteiger partial charge in [-0.2, -0.15) is 4.39 Å². The van der Waals surface area contributed by atoms with Gasteiger partial charge < -0.3 is 9.80 Å². The van der Waals surface area contributed by atoms with Gasteiger partial charge in [0.25, 0.3) is 5.91 Å². The maximum absolute atomic E-state index is 13.6. The highest BCUT2D eigenvalue weighted by Gasteiger charge is 2.20. The fraction of sp³-hybridized carbons (Fsp3) is 0.571. The van der Waals surface area contributed by atoms with Gasteiger partial charge in [0.05, 0.1) is 5.56 Å². The summed E-state index contributed by atoms with van der Waals surface area (Å²) < 4.78 is 13.6. The van der Waals surface area contributed by atoms with E-state index in [1.165, 1.54) is 12.3 Å². The number of aromatic nitrogens is 1. The van der Waals surface area contributed by atoms with Crippen LogP contribution in [0.2, 0.25) is 0 Å². The van der Waals surface area contributed by atoms with E-state index in [4.69, 9.17) is 0 Å². The van der Waals surface area contributed by atoms with Gasteiger partial charge in [-0.05, 0) is 32.1 Å². The summed E-state index contributed by atoms with van der Waals surface area (Å²) in [5, 5.41) is 0. The molecule has 19 heavy (non-hydrogen) atoms. The molecule has 1 rings (SSSR count). The average Bonchev–Trinajstić information content (AvgIpc) is 2.33. The van der Waals surface area contributed by atoms with Crippen molar-refractivity contribution in [2.45, 2.75) is 13.8 Å². The molecule has 0 aromatic carbocycles. The van der Waals surface area contributed by atoms with Crippen LogP contribution in [0.25, 0.3) is 0 Å². The number of rotatable bonds is 6. The molecule has 106 valence electrons. The fourth-order valence-corrected chi connectivity index (χ4v) is 1.75. The van der Waals surface area contributed by atoms with E-state index in [9.17, 15) is 9.18 Å². The molecule has 1 aromatic heterocycles.